The number of nitrogens with one attached hydrogen (secondary N) is 1. The zero-order chi connectivity index (χ0) is 13.5. The molecule has 1 amide bonds. The van der Waals surface area contributed by atoms with Crippen LogP contribution < -0.4 is 14.8 Å². The molecule has 1 unspecified atom stereocenters. The van der Waals surface area contributed by atoms with Crippen LogP contribution in [0, 0.1) is 17.2 Å². The van der Waals surface area contributed by atoms with Crippen LogP contribution in [0.5, 0.6) is 11.5 Å². The average molecular weight is 248 g/mol. The average Bonchev–Trinajstić information content (AvgIpc) is 2.40. The predicted molar refractivity (Wildman–Crippen MR) is 67.6 cm³/mol. The summed E-state index contributed by atoms with van der Waals surface area (Å²) in [5.41, 5.74) is 0.525. The van der Waals surface area contributed by atoms with Crippen molar-refractivity contribution in [3.8, 4) is 17.6 Å². The van der Waals surface area contributed by atoms with Gasteiger partial charge in [-0.05, 0) is 18.6 Å². The van der Waals surface area contributed by atoms with Crippen LogP contribution in [0.3, 0.4) is 0 Å². The monoisotopic (exact) mass is 248 g/mol. The van der Waals surface area contributed by atoms with Gasteiger partial charge in [0.1, 0.15) is 17.4 Å². The maximum atomic E-state index is 11.8. The van der Waals surface area contributed by atoms with Gasteiger partial charge in [0, 0.05) is 6.07 Å². The Balaban J connectivity index is 2.91. The van der Waals surface area contributed by atoms with Gasteiger partial charge in [-0.2, -0.15) is 5.26 Å². The van der Waals surface area contributed by atoms with Gasteiger partial charge in [0.2, 0.25) is 5.91 Å². The van der Waals surface area contributed by atoms with E-state index in [1.54, 1.807) is 32.2 Å². The summed E-state index contributed by atoms with van der Waals surface area (Å²) in [7, 11) is 3.06. The molecule has 5 nitrogen and oxygen atoms in total. The normalized spacial score (nSPS) is 11.2. The molecular weight excluding hydrogens is 232 g/mol. The van der Waals surface area contributed by atoms with Crippen molar-refractivity contribution in [1.82, 2.24) is 0 Å². The minimum atomic E-state index is -0.656. The zero-order valence-electron chi connectivity index (χ0n) is 10.7. The molecule has 0 aliphatic heterocycles. The van der Waals surface area contributed by atoms with Crippen LogP contribution in [0.15, 0.2) is 18.2 Å². The molecule has 1 aromatic carbocycles. The quantitative estimate of drug-likeness (QED) is 0.867. The topological polar surface area (TPSA) is 71.4 Å². The lowest BCUT2D eigenvalue weighted by Crippen LogP contribution is -2.21. The molecule has 1 atom stereocenters. The van der Waals surface area contributed by atoms with E-state index in [1.807, 2.05) is 6.07 Å². The lowest BCUT2D eigenvalue weighted by Gasteiger charge is -2.13. The van der Waals surface area contributed by atoms with Crippen molar-refractivity contribution >= 4 is 11.6 Å². The Morgan fingerprint density at radius 2 is 2.17 bits per heavy atom. The van der Waals surface area contributed by atoms with E-state index in [0.29, 0.717) is 23.6 Å². The van der Waals surface area contributed by atoms with Crippen LogP contribution in [-0.4, -0.2) is 20.1 Å². The number of nitrogens with zero attached hydrogens (tertiary/aromatic N) is 1. The third kappa shape index (κ3) is 3.14. The molecular formula is C13H16N2O3. The SMILES string of the molecule is CCC(C#N)C(=O)Nc1ccc(OC)cc1OC. The Morgan fingerprint density at radius 1 is 1.44 bits per heavy atom. The predicted octanol–water partition coefficient (Wildman–Crippen LogP) is 2.19. The first-order valence-corrected chi connectivity index (χ1v) is 5.58. The van der Waals surface area contributed by atoms with Crippen molar-refractivity contribution in [2.45, 2.75) is 13.3 Å². The second-order valence-electron chi connectivity index (χ2n) is 3.65. The first-order valence-electron chi connectivity index (χ1n) is 5.58. The number of carbonyl (C=O) groups is 1. The molecule has 0 spiro atoms. The van der Waals surface area contributed by atoms with E-state index in [0.717, 1.165) is 0 Å². The molecule has 18 heavy (non-hydrogen) atoms. The lowest BCUT2D eigenvalue weighted by atomic mass is 10.1. The second-order valence-corrected chi connectivity index (χ2v) is 3.65. The molecule has 0 heterocycles. The van der Waals surface area contributed by atoms with Crippen LogP contribution >= 0.6 is 0 Å². The number of rotatable bonds is 5. The van der Waals surface area contributed by atoms with Crippen molar-refractivity contribution < 1.29 is 14.3 Å². The summed E-state index contributed by atoms with van der Waals surface area (Å²) in [6.07, 6.45) is 0.473. The number of ether oxygens (including phenoxy) is 2. The number of amides is 1. The van der Waals surface area contributed by atoms with E-state index in [1.165, 1.54) is 7.11 Å². The molecule has 0 aliphatic rings. The Morgan fingerprint density at radius 3 is 2.67 bits per heavy atom. The summed E-state index contributed by atoms with van der Waals surface area (Å²) in [6, 6.07) is 7.02. The summed E-state index contributed by atoms with van der Waals surface area (Å²) < 4.78 is 10.2. The molecule has 0 bridgehead atoms. The summed E-state index contributed by atoms with van der Waals surface area (Å²) in [5.74, 6) is 0.146. The molecule has 96 valence electrons. The highest BCUT2D eigenvalue weighted by Gasteiger charge is 2.17. The Hall–Kier alpha value is -2.22. The highest BCUT2D eigenvalue weighted by Crippen LogP contribution is 2.29. The van der Waals surface area contributed by atoms with Crippen molar-refractivity contribution in [2.24, 2.45) is 5.92 Å². The third-order valence-electron chi connectivity index (χ3n) is 2.55. The second kappa shape index (κ2) is 6.50. The van der Waals surface area contributed by atoms with Crippen LogP contribution in [0.2, 0.25) is 0 Å². The molecule has 0 saturated heterocycles. The third-order valence-corrected chi connectivity index (χ3v) is 2.55. The number of methoxy groups -OCH3 is 2. The standard InChI is InChI=1S/C13H16N2O3/c1-4-9(8-14)13(16)15-11-6-5-10(17-2)7-12(11)18-3/h5-7,9H,4H2,1-3H3,(H,15,16). The molecule has 0 saturated carbocycles. The van der Waals surface area contributed by atoms with Crippen molar-refractivity contribution in [3.63, 3.8) is 0 Å². The Labute approximate surface area is 106 Å². The molecule has 0 aliphatic carbocycles. The smallest absolute Gasteiger partial charge is 0.241 e. The van der Waals surface area contributed by atoms with E-state index in [2.05, 4.69) is 5.32 Å². The lowest BCUT2D eigenvalue weighted by molar-refractivity contribution is -0.118. The highest BCUT2D eigenvalue weighted by molar-refractivity contribution is 5.95. The van der Waals surface area contributed by atoms with Crippen molar-refractivity contribution in [1.29, 1.82) is 5.26 Å². The van der Waals surface area contributed by atoms with Crippen LogP contribution in [0.25, 0.3) is 0 Å². The fraction of sp³-hybridized carbons (Fsp3) is 0.385. The van der Waals surface area contributed by atoms with Gasteiger partial charge in [-0.25, -0.2) is 0 Å². The van der Waals surface area contributed by atoms with Gasteiger partial charge in [0.05, 0.1) is 26.0 Å². The summed E-state index contributed by atoms with van der Waals surface area (Å²) in [5, 5.41) is 11.5. The summed E-state index contributed by atoms with van der Waals surface area (Å²) in [4.78, 5) is 11.8. The highest BCUT2D eigenvalue weighted by atomic mass is 16.5. The molecule has 0 aromatic heterocycles. The van der Waals surface area contributed by atoms with E-state index in [4.69, 9.17) is 14.7 Å². The largest absolute Gasteiger partial charge is 0.497 e. The number of nitriles is 1. The maximum absolute atomic E-state index is 11.8. The molecule has 0 fully saturated rings. The number of benzene rings is 1. The van der Waals surface area contributed by atoms with E-state index in [9.17, 15) is 4.79 Å². The molecule has 5 heteroatoms. The maximum Gasteiger partial charge on any atom is 0.241 e. The number of anilines is 1. The van der Waals surface area contributed by atoms with Crippen LogP contribution in [0.4, 0.5) is 5.69 Å². The number of carbonyl (C=O) groups excluding carboxylic acids is 1. The van der Waals surface area contributed by atoms with Gasteiger partial charge in [0.25, 0.3) is 0 Å². The molecule has 1 N–H and O–H groups in total. The summed E-state index contributed by atoms with van der Waals surface area (Å²) >= 11 is 0. The van der Waals surface area contributed by atoms with Crippen LogP contribution in [-0.2, 0) is 4.79 Å². The minimum absolute atomic E-state index is 0.330. The zero-order valence-corrected chi connectivity index (χ0v) is 10.7. The minimum Gasteiger partial charge on any atom is -0.497 e. The van der Waals surface area contributed by atoms with Gasteiger partial charge >= 0.3 is 0 Å². The number of hydrogen-bond acceptors (Lipinski definition) is 4. The first kappa shape index (κ1) is 13.8. The van der Waals surface area contributed by atoms with Crippen LogP contribution in [0.1, 0.15) is 13.3 Å². The van der Waals surface area contributed by atoms with Gasteiger partial charge in [0.15, 0.2) is 0 Å². The number of hydrogen-bond donors (Lipinski definition) is 1. The van der Waals surface area contributed by atoms with Gasteiger partial charge in [-0.3, -0.25) is 4.79 Å². The molecule has 1 rings (SSSR count). The first-order chi connectivity index (χ1) is 8.65. The van der Waals surface area contributed by atoms with Gasteiger partial charge < -0.3 is 14.8 Å². The van der Waals surface area contributed by atoms with E-state index in [-0.39, 0.29) is 5.91 Å². The Kier molecular flexibility index (Phi) is 5.00. The fourth-order valence-electron chi connectivity index (χ4n) is 1.46. The van der Waals surface area contributed by atoms with Crippen molar-refractivity contribution in [2.75, 3.05) is 19.5 Å². The van der Waals surface area contributed by atoms with E-state index >= 15 is 0 Å². The fourth-order valence-corrected chi connectivity index (χ4v) is 1.46. The van der Waals surface area contributed by atoms with Gasteiger partial charge in [-0.15, -0.1) is 0 Å². The Bertz CT molecular complexity index is 466. The van der Waals surface area contributed by atoms with E-state index < -0.39 is 5.92 Å². The van der Waals surface area contributed by atoms with Gasteiger partial charge in [-0.1, -0.05) is 6.92 Å². The molecule has 0 radical (unpaired) electrons. The van der Waals surface area contributed by atoms with Crippen molar-refractivity contribution in [3.05, 3.63) is 18.2 Å². The molecule has 1 aromatic rings. The summed E-state index contributed by atoms with van der Waals surface area (Å²) in [6.45, 7) is 1.79.